The lowest BCUT2D eigenvalue weighted by atomic mass is 9.81. The Morgan fingerprint density at radius 1 is 1.30 bits per heavy atom. The molecule has 4 rings (SSSR count). The van der Waals surface area contributed by atoms with Gasteiger partial charge in [0.05, 0.1) is 38.0 Å². The summed E-state index contributed by atoms with van der Waals surface area (Å²) in [4.78, 5) is 13.1. The number of carbonyl (C=O) groups excluding carboxylic acids is 1. The average molecular weight is 531 g/mol. The fraction of sp³-hybridized carbons (Fsp3) is 0.423. The number of nitrogens with zero attached hydrogens (tertiary/aromatic N) is 3. The number of aromatic nitrogens is 3. The molecule has 0 aliphatic carbocycles. The van der Waals surface area contributed by atoms with Crippen molar-refractivity contribution in [1.82, 2.24) is 19.7 Å². The fourth-order valence-electron chi connectivity index (χ4n) is 4.48. The van der Waals surface area contributed by atoms with Crippen LogP contribution in [0.5, 0.6) is 5.75 Å². The number of ether oxygens (including phenoxy) is 3. The predicted octanol–water partition coefficient (Wildman–Crippen LogP) is 4.88. The first kappa shape index (κ1) is 27.1. The number of rotatable bonds is 8. The topological polar surface area (TPSA) is 130 Å². The van der Waals surface area contributed by atoms with Crippen LogP contribution in [0.1, 0.15) is 49.3 Å². The zero-order valence-electron chi connectivity index (χ0n) is 21.7. The first-order valence-electron chi connectivity index (χ1n) is 12.0. The number of H-pyrrole nitrogens is 1. The van der Waals surface area contributed by atoms with E-state index in [9.17, 15) is 13.9 Å². The van der Waals surface area contributed by atoms with Crippen LogP contribution in [0.4, 0.5) is 0 Å². The van der Waals surface area contributed by atoms with Gasteiger partial charge in [0.15, 0.2) is 0 Å². The molecular formula is C26H34N4O6S. The van der Waals surface area contributed by atoms with E-state index in [4.69, 9.17) is 14.2 Å². The second-order valence-electron chi connectivity index (χ2n) is 9.77. The monoisotopic (exact) mass is 530 g/mol. The summed E-state index contributed by atoms with van der Waals surface area (Å²) < 4.78 is 41.6. The van der Waals surface area contributed by atoms with Gasteiger partial charge in [0.2, 0.25) is 0 Å². The lowest BCUT2D eigenvalue weighted by molar-refractivity contribution is -0.162. The first-order valence-corrected chi connectivity index (χ1v) is 13.5. The third-order valence-corrected chi connectivity index (χ3v) is 8.47. The number of nitrogens with one attached hydrogen (secondary N) is 1. The van der Waals surface area contributed by atoms with Gasteiger partial charge in [0.25, 0.3) is 0 Å². The van der Waals surface area contributed by atoms with E-state index in [2.05, 4.69) is 15.4 Å². The normalized spacial score (nSPS) is 19.3. The molecule has 0 fully saturated rings. The number of carbonyl (C=O) groups is 1. The first-order chi connectivity index (χ1) is 17.5. The molecule has 0 spiro atoms. The number of aryl methyl sites for hydroxylation is 1. The second kappa shape index (κ2) is 10.8. The molecular weight excluding hydrogens is 496 g/mol. The molecule has 37 heavy (non-hydrogen) atoms. The van der Waals surface area contributed by atoms with Crippen molar-refractivity contribution >= 4 is 16.7 Å². The number of hydrogen-bond donors (Lipinski definition) is 3. The number of aromatic amines is 1. The Labute approximate surface area is 218 Å². The Kier molecular flexibility index (Phi) is 7.91. The molecule has 1 aromatic heterocycles. The Hall–Kier alpha value is -2.96. The zero-order valence-corrected chi connectivity index (χ0v) is 22.5. The lowest BCUT2D eigenvalue weighted by Gasteiger charge is -2.42. The molecule has 11 heteroatoms. The van der Waals surface area contributed by atoms with Gasteiger partial charge in [-0.3, -0.25) is 13.9 Å². The van der Waals surface area contributed by atoms with E-state index >= 15 is 0 Å². The van der Waals surface area contributed by atoms with Gasteiger partial charge in [-0.1, -0.05) is 30.3 Å². The summed E-state index contributed by atoms with van der Waals surface area (Å²) >= 11 is 0. The minimum Gasteiger partial charge on any atom is -0.487 e. The second-order valence-corrected chi connectivity index (χ2v) is 11.8. The summed E-state index contributed by atoms with van der Waals surface area (Å²) in [6.07, 6.45) is 0.646. The fourth-order valence-corrected chi connectivity index (χ4v) is 6.14. The van der Waals surface area contributed by atoms with Crippen molar-refractivity contribution in [2.24, 2.45) is 5.41 Å². The van der Waals surface area contributed by atoms with Crippen LogP contribution in [0.25, 0.3) is 0 Å². The highest BCUT2D eigenvalue weighted by molar-refractivity contribution is 8.22. The number of benzene rings is 2. The maximum absolute atomic E-state index is 12.7. The molecule has 10 nitrogen and oxygen atoms in total. The smallest absolute Gasteiger partial charge is 0.314 e. The van der Waals surface area contributed by atoms with Crippen LogP contribution in [0.3, 0.4) is 0 Å². The van der Waals surface area contributed by atoms with Gasteiger partial charge in [0.1, 0.15) is 22.4 Å². The Bertz CT molecular complexity index is 1230. The standard InChI is InChI=1S/C26H34N4O6S/c1-17-10-11-19(24(26(3,4)25(31)34-5)35-16-21-13-27-29-28-21)12-20(17)15-30-14-18(2)36-22-8-6-7-9-23(22)37(30,32)33/h6-13,18,24,32-33H,14-16H2,1-5H3,(H,27,28,29). The molecule has 3 aromatic rings. The molecule has 0 amide bonds. The van der Waals surface area contributed by atoms with Crippen molar-refractivity contribution in [3.05, 3.63) is 71.0 Å². The van der Waals surface area contributed by atoms with E-state index < -0.39 is 28.3 Å². The Balaban J connectivity index is 1.68. The lowest BCUT2D eigenvalue weighted by Crippen LogP contribution is -2.35. The molecule has 0 saturated carbocycles. The van der Waals surface area contributed by atoms with E-state index in [0.717, 1.165) is 16.7 Å². The molecule has 0 saturated heterocycles. The quantitative estimate of drug-likeness (QED) is 0.349. The molecule has 2 atom stereocenters. The molecule has 0 radical (unpaired) electrons. The van der Waals surface area contributed by atoms with Crippen LogP contribution in [-0.4, -0.2) is 54.5 Å². The van der Waals surface area contributed by atoms with Crippen LogP contribution < -0.4 is 4.74 Å². The predicted molar refractivity (Wildman–Crippen MR) is 139 cm³/mol. The Morgan fingerprint density at radius 2 is 2.05 bits per heavy atom. The van der Waals surface area contributed by atoms with Crippen molar-refractivity contribution < 1.29 is 28.1 Å². The summed E-state index contributed by atoms with van der Waals surface area (Å²) in [5, 5.41) is 10.4. The van der Waals surface area contributed by atoms with Crippen LogP contribution >= 0.6 is 10.8 Å². The van der Waals surface area contributed by atoms with Gasteiger partial charge in [-0.05, 0) is 56.5 Å². The summed E-state index contributed by atoms with van der Waals surface area (Å²) in [5.74, 6) is 0.0631. The number of esters is 1. The zero-order chi connectivity index (χ0) is 26.8. The Morgan fingerprint density at radius 3 is 2.76 bits per heavy atom. The summed E-state index contributed by atoms with van der Waals surface area (Å²) in [5.41, 5.74) is 2.19. The van der Waals surface area contributed by atoms with Gasteiger partial charge >= 0.3 is 5.97 Å². The van der Waals surface area contributed by atoms with E-state index in [1.54, 1.807) is 42.5 Å². The number of methoxy groups -OCH3 is 1. The van der Waals surface area contributed by atoms with Crippen molar-refractivity contribution in [2.75, 3.05) is 13.7 Å². The third-order valence-electron chi connectivity index (χ3n) is 6.55. The maximum Gasteiger partial charge on any atom is 0.314 e. The van der Waals surface area contributed by atoms with Gasteiger partial charge in [-0.2, -0.15) is 19.7 Å². The molecule has 2 unspecified atom stereocenters. The minimum atomic E-state index is -3.30. The highest BCUT2D eigenvalue weighted by Crippen LogP contribution is 2.57. The summed E-state index contributed by atoms with van der Waals surface area (Å²) in [6, 6.07) is 12.8. The van der Waals surface area contributed by atoms with Crippen molar-refractivity contribution in [1.29, 1.82) is 0 Å². The van der Waals surface area contributed by atoms with Gasteiger partial charge in [0, 0.05) is 6.54 Å². The average Bonchev–Trinajstić information content (AvgIpc) is 3.35. The molecule has 2 aromatic carbocycles. The highest BCUT2D eigenvalue weighted by atomic mass is 32.3. The number of hydrogen-bond acceptors (Lipinski definition) is 9. The van der Waals surface area contributed by atoms with E-state index in [0.29, 0.717) is 22.9 Å². The van der Waals surface area contributed by atoms with Crippen LogP contribution in [0.2, 0.25) is 0 Å². The van der Waals surface area contributed by atoms with Gasteiger partial charge in [-0.25, -0.2) is 0 Å². The van der Waals surface area contributed by atoms with E-state index in [1.807, 2.05) is 38.1 Å². The molecule has 1 aliphatic rings. The molecule has 3 N–H and O–H groups in total. The van der Waals surface area contributed by atoms with Crippen molar-refractivity contribution in [2.45, 2.75) is 58.0 Å². The summed E-state index contributed by atoms with van der Waals surface area (Å²) in [7, 11) is -1.95. The molecule has 200 valence electrons. The van der Waals surface area contributed by atoms with Crippen molar-refractivity contribution in [3.63, 3.8) is 0 Å². The largest absolute Gasteiger partial charge is 0.487 e. The van der Waals surface area contributed by atoms with Gasteiger partial charge in [-0.15, -0.1) is 10.8 Å². The maximum atomic E-state index is 12.7. The summed E-state index contributed by atoms with van der Waals surface area (Å²) in [6.45, 7) is 8.14. The van der Waals surface area contributed by atoms with E-state index in [-0.39, 0.29) is 19.3 Å². The SMILES string of the molecule is COC(=O)C(C)(C)C(OCc1cn[nH]n1)c1ccc(C)c(CN2CC(C)Oc3ccccc3S2(O)O)c1. The number of para-hydroxylation sites is 1. The van der Waals surface area contributed by atoms with Crippen LogP contribution in [0, 0.1) is 12.3 Å². The van der Waals surface area contributed by atoms with Crippen LogP contribution in [0.15, 0.2) is 53.6 Å². The van der Waals surface area contributed by atoms with E-state index in [1.165, 1.54) is 7.11 Å². The van der Waals surface area contributed by atoms with Gasteiger partial charge < -0.3 is 14.2 Å². The van der Waals surface area contributed by atoms with Crippen molar-refractivity contribution in [3.8, 4) is 5.75 Å². The minimum absolute atomic E-state index is 0.142. The number of fused-ring (bicyclic) bond motifs is 1. The molecule has 2 heterocycles. The third kappa shape index (κ3) is 5.65. The highest BCUT2D eigenvalue weighted by Gasteiger charge is 2.41. The molecule has 0 bridgehead atoms. The molecule has 1 aliphatic heterocycles. The van der Waals surface area contributed by atoms with Crippen LogP contribution in [-0.2, 0) is 27.4 Å².